The van der Waals surface area contributed by atoms with Crippen LogP contribution >= 0.6 is 11.8 Å². The summed E-state index contributed by atoms with van der Waals surface area (Å²) >= 11 is 1.12. The van der Waals surface area contributed by atoms with Gasteiger partial charge in [0.2, 0.25) is 5.91 Å². The van der Waals surface area contributed by atoms with Gasteiger partial charge in [-0.2, -0.15) is 0 Å². The smallest absolute Gasteiger partial charge is 0.270 e. The number of nitrogens with zero attached hydrogens (tertiary/aromatic N) is 2. The van der Waals surface area contributed by atoms with Crippen LogP contribution in [0.4, 0.5) is 5.69 Å². The number of benzene rings is 1. The van der Waals surface area contributed by atoms with Gasteiger partial charge in [0.1, 0.15) is 0 Å². The van der Waals surface area contributed by atoms with Crippen molar-refractivity contribution < 1.29 is 9.72 Å². The van der Waals surface area contributed by atoms with Crippen LogP contribution < -0.4 is 16.4 Å². The average Bonchev–Trinajstić information content (AvgIpc) is 2.61. The summed E-state index contributed by atoms with van der Waals surface area (Å²) in [6, 6.07) is 5.96. The van der Waals surface area contributed by atoms with E-state index >= 15 is 0 Å². The molecule has 3 N–H and O–H groups in total. The summed E-state index contributed by atoms with van der Waals surface area (Å²) in [6.45, 7) is 4.97. The first-order valence-corrected chi connectivity index (χ1v) is 8.93. The molecule has 1 aromatic carbocycles. The molecule has 0 atom stereocenters. The quantitative estimate of drug-likeness (QED) is 0.287. The van der Waals surface area contributed by atoms with E-state index in [1.807, 2.05) is 6.92 Å². The molecule has 0 aliphatic heterocycles. The lowest BCUT2D eigenvalue weighted by Crippen LogP contribution is -2.34. The number of aryl methyl sites for hydroxylation is 1. The van der Waals surface area contributed by atoms with E-state index in [1.54, 1.807) is 24.5 Å². The largest absolute Gasteiger partial charge is 0.301 e. The zero-order valence-electron chi connectivity index (χ0n) is 15.0. The van der Waals surface area contributed by atoms with E-state index in [-0.39, 0.29) is 17.2 Å². The average molecular weight is 389 g/mol. The molecule has 10 heteroatoms. The fourth-order valence-electron chi connectivity index (χ4n) is 2.28. The Hall–Kier alpha value is -3.14. The predicted molar refractivity (Wildman–Crippen MR) is 103 cm³/mol. The third-order valence-corrected chi connectivity index (χ3v) is 4.35. The van der Waals surface area contributed by atoms with Crippen molar-refractivity contribution in [3.05, 3.63) is 67.0 Å². The van der Waals surface area contributed by atoms with Crippen LogP contribution in [0.1, 0.15) is 30.7 Å². The predicted octanol–water partition coefficient (Wildman–Crippen LogP) is 2.28. The Morgan fingerprint density at radius 3 is 2.74 bits per heavy atom. The van der Waals surface area contributed by atoms with Crippen molar-refractivity contribution in [1.29, 1.82) is 0 Å². The first-order valence-electron chi connectivity index (χ1n) is 8.05. The second-order valence-corrected chi connectivity index (χ2v) is 6.41. The lowest BCUT2D eigenvalue weighted by molar-refractivity contribution is -0.384. The van der Waals surface area contributed by atoms with Crippen LogP contribution in [0.3, 0.4) is 0 Å². The van der Waals surface area contributed by atoms with E-state index in [1.165, 1.54) is 19.1 Å². The normalized spacial score (nSPS) is 11.1. The van der Waals surface area contributed by atoms with Crippen molar-refractivity contribution in [2.45, 2.75) is 32.3 Å². The van der Waals surface area contributed by atoms with Gasteiger partial charge in [-0.05, 0) is 13.3 Å². The highest BCUT2D eigenvalue weighted by Crippen LogP contribution is 2.23. The third-order valence-electron chi connectivity index (χ3n) is 3.58. The van der Waals surface area contributed by atoms with E-state index in [9.17, 15) is 19.7 Å². The molecule has 0 spiro atoms. The standard InChI is InChI=1S/C17H19N5O4S/c1-4-14-10(2)18-17(19-16(14)24)27-9-15(21-20-11(3)23)12-6-5-7-13(8-12)22(25)26/h5-9,21H,4H2,1-3H3,(H,20,23)(H,18,19,24)/b15-9+. The summed E-state index contributed by atoms with van der Waals surface area (Å²) in [6.07, 6.45) is 0.581. The first kappa shape index (κ1) is 20.2. The molecule has 142 valence electrons. The second kappa shape index (κ2) is 8.99. The Morgan fingerprint density at radius 1 is 1.41 bits per heavy atom. The van der Waals surface area contributed by atoms with Crippen LogP contribution in [0.15, 0.2) is 39.6 Å². The molecule has 0 saturated heterocycles. The molecule has 0 fully saturated rings. The van der Waals surface area contributed by atoms with Crippen molar-refractivity contribution in [3.8, 4) is 0 Å². The van der Waals surface area contributed by atoms with E-state index in [0.29, 0.717) is 34.1 Å². The van der Waals surface area contributed by atoms with Gasteiger partial charge in [0.25, 0.3) is 11.2 Å². The van der Waals surface area contributed by atoms with Crippen molar-refractivity contribution in [2.24, 2.45) is 0 Å². The molecule has 2 aromatic rings. The molecule has 1 amide bonds. The van der Waals surface area contributed by atoms with Gasteiger partial charge >= 0.3 is 0 Å². The number of H-pyrrole nitrogens is 1. The summed E-state index contributed by atoms with van der Waals surface area (Å²) in [5, 5.41) is 13.0. The molecule has 0 bridgehead atoms. The Morgan fingerprint density at radius 2 is 2.15 bits per heavy atom. The topological polar surface area (TPSA) is 130 Å². The number of carbonyl (C=O) groups is 1. The zero-order chi connectivity index (χ0) is 20.0. The molecule has 0 saturated carbocycles. The van der Waals surface area contributed by atoms with Crippen LogP contribution in [0.2, 0.25) is 0 Å². The number of carbonyl (C=O) groups excluding carboxylic acids is 1. The van der Waals surface area contributed by atoms with Crippen LogP contribution in [-0.4, -0.2) is 20.8 Å². The minimum Gasteiger partial charge on any atom is -0.301 e. The monoisotopic (exact) mass is 389 g/mol. The Labute approximate surface area is 159 Å². The molecule has 9 nitrogen and oxygen atoms in total. The first-order chi connectivity index (χ1) is 12.8. The van der Waals surface area contributed by atoms with Gasteiger partial charge in [0, 0.05) is 41.3 Å². The van der Waals surface area contributed by atoms with Crippen molar-refractivity contribution in [3.63, 3.8) is 0 Å². The molecule has 0 aliphatic carbocycles. The minimum absolute atomic E-state index is 0.0808. The number of thioether (sulfide) groups is 1. The molecular weight excluding hydrogens is 370 g/mol. The number of amides is 1. The Kier molecular flexibility index (Phi) is 6.72. The highest BCUT2D eigenvalue weighted by atomic mass is 32.2. The maximum atomic E-state index is 12.1. The van der Waals surface area contributed by atoms with Crippen LogP contribution in [0.5, 0.6) is 0 Å². The number of non-ortho nitro benzene ring substituents is 1. The fraction of sp³-hybridized carbons (Fsp3) is 0.235. The zero-order valence-corrected chi connectivity index (χ0v) is 15.8. The van der Waals surface area contributed by atoms with Gasteiger partial charge in [0.15, 0.2) is 5.16 Å². The van der Waals surface area contributed by atoms with Gasteiger partial charge in [-0.15, -0.1) is 0 Å². The van der Waals surface area contributed by atoms with Crippen LogP contribution in [0, 0.1) is 17.0 Å². The summed E-state index contributed by atoms with van der Waals surface area (Å²) in [5.74, 6) is -0.328. The van der Waals surface area contributed by atoms with Crippen LogP contribution in [-0.2, 0) is 11.2 Å². The molecule has 0 unspecified atom stereocenters. The summed E-state index contributed by atoms with van der Waals surface area (Å²) in [4.78, 5) is 40.8. The summed E-state index contributed by atoms with van der Waals surface area (Å²) in [5.41, 5.74) is 7.05. The van der Waals surface area contributed by atoms with Crippen LogP contribution in [0.25, 0.3) is 5.70 Å². The van der Waals surface area contributed by atoms with E-state index in [4.69, 9.17) is 0 Å². The molecule has 0 aliphatic rings. The second-order valence-electron chi connectivity index (χ2n) is 5.55. The van der Waals surface area contributed by atoms with E-state index < -0.39 is 4.92 Å². The lowest BCUT2D eigenvalue weighted by atomic mass is 10.1. The number of rotatable bonds is 7. The number of nitro benzene ring substituents is 1. The summed E-state index contributed by atoms with van der Waals surface area (Å²) < 4.78 is 0. The number of nitro groups is 1. The van der Waals surface area contributed by atoms with Gasteiger partial charge in [-0.25, -0.2) is 4.98 Å². The van der Waals surface area contributed by atoms with Crippen molar-refractivity contribution in [2.75, 3.05) is 0 Å². The molecule has 2 rings (SSSR count). The SMILES string of the molecule is CCc1c(C)nc(S/C=C(/NNC(C)=O)c2cccc([N+](=O)[O-])c2)[nH]c1=O. The maximum absolute atomic E-state index is 12.1. The van der Waals surface area contributed by atoms with E-state index in [2.05, 4.69) is 20.8 Å². The number of hydrogen-bond donors (Lipinski definition) is 3. The fourth-order valence-corrected chi connectivity index (χ4v) is 3.05. The number of nitrogens with one attached hydrogen (secondary N) is 3. The van der Waals surface area contributed by atoms with Gasteiger partial charge in [-0.1, -0.05) is 30.8 Å². The number of aromatic amines is 1. The van der Waals surface area contributed by atoms with Crippen molar-refractivity contribution in [1.82, 2.24) is 20.8 Å². The van der Waals surface area contributed by atoms with E-state index in [0.717, 1.165) is 11.8 Å². The molecule has 27 heavy (non-hydrogen) atoms. The Balaban J connectivity index is 2.36. The number of aromatic nitrogens is 2. The molecular formula is C17H19N5O4S. The highest BCUT2D eigenvalue weighted by Gasteiger charge is 2.11. The number of hydrogen-bond acceptors (Lipinski definition) is 7. The van der Waals surface area contributed by atoms with Gasteiger partial charge in [0.05, 0.1) is 10.6 Å². The van der Waals surface area contributed by atoms with Crippen molar-refractivity contribution >= 4 is 29.1 Å². The molecule has 1 aromatic heterocycles. The minimum atomic E-state index is -0.501. The van der Waals surface area contributed by atoms with Gasteiger partial charge < -0.3 is 4.98 Å². The maximum Gasteiger partial charge on any atom is 0.270 e. The summed E-state index contributed by atoms with van der Waals surface area (Å²) in [7, 11) is 0. The van der Waals surface area contributed by atoms with Gasteiger partial charge in [-0.3, -0.25) is 30.6 Å². The molecule has 0 radical (unpaired) electrons. The Bertz CT molecular complexity index is 955. The highest BCUT2D eigenvalue weighted by molar-refractivity contribution is 8.02. The number of hydrazine groups is 1. The molecule has 1 heterocycles. The lowest BCUT2D eigenvalue weighted by Gasteiger charge is -2.11. The third kappa shape index (κ3) is 5.42.